The first-order valence-corrected chi connectivity index (χ1v) is 10.0. The second-order valence-corrected chi connectivity index (χ2v) is 7.67. The smallest absolute Gasteiger partial charge is 0.388 e. The first-order valence-electron chi connectivity index (χ1n) is 10.0. The number of piperidine rings is 1. The molecular weight excluding hydrogens is 366 g/mol. The van der Waals surface area contributed by atoms with Crippen LogP contribution in [0.3, 0.4) is 0 Å². The van der Waals surface area contributed by atoms with E-state index in [2.05, 4.69) is 5.10 Å². The average Bonchev–Trinajstić information content (AvgIpc) is 3.15. The molecule has 150 valence electrons. The monoisotopic (exact) mass is 391 g/mol. The van der Waals surface area contributed by atoms with Gasteiger partial charge in [-0.2, -0.15) is 4.68 Å². The standard InChI is InChI=1S/C23H25N3O3/c1-16-8-10-18(11-9-16)17(2)22(27)25-14-12-20(13-15-25)26-23(28)29-21(24-26)19-6-4-3-5-7-19/h3-11,17,20H,12-15H2,1-2H3/t17-/m0/s1. The Morgan fingerprint density at radius 1 is 1.07 bits per heavy atom. The normalized spacial score (nSPS) is 16.0. The van der Waals surface area contributed by atoms with Crippen molar-refractivity contribution >= 4 is 5.91 Å². The lowest BCUT2D eigenvalue weighted by atomic mass is 9.97. The molecule has 0 spiro atoms. The molecule has 4 rings (SSSR count). The molecule has 1 aliphatic heterocycles. The predicted octanol–water partition coefficient (Wildman–Crippen LogP) is 3.78. The molecule has 1 amide bonds. The zero-order chi connectivity index (χ0) is 20.4. The highest BCUT2D eigenvalue weighted by Gasteiger charge is 2.29. The SMILES string of the molecule is Cc1ccc([C@H](C)C(=O)N2CCC(n3nc(-c4ccccc4)oc3=O)CC2)cc1. The van der Waals surface area contributed by atoms with Crippen LogP contribution >= 0.6 is 0 Å². The summed E-state index contributed by atoms with van der Waals surface area (Å²) >= 11 is 0. The number of aryl methyl sites for hydroxylation is 1. The van der Waals surface area contributed by atoms with Crippen LogP contribution in [-0.2, 0) is 4.79 Å². The third-order valence-corrected chi connectivity index (χ3v) is 5.66. The largest absolute Gasteiger partial charge is 0.437 e. The molecule has 0 unspecified atom stereocenters. The van der Waals surface area contributed by atoms with E-state index in [1.165, 1.54) is 10.2 Å². The first kappa shape index (κ1) is 19.2. The number of likely N-dealkylation sites (tertiary alicyclic amines) is 1. The summed E-state index contributed by atoms with van der Waals surface area (Å²) in [7, 11) is 0. The maximum Gasteiger partial charge on any atom is 0.437 e. The van der Waals surface area contributed by atoms with Crippen molar-refractivity contribution in [1.29, 1.82) is 0 Å². The molecule has 2 heterocycles. The summed E-state index contributed by atoms with van der Waals surface area (Å²) in [5.41, 5.74) is 2.99. The van der Waals surface area contributed by atoms with Gasteiger partial charge in [0.1, 0.15) is 0 Å². The Labute approximate surface area is 169 Å². The molecule has 0 N–H and O–H groups in total. The van der Waals surface area contributed by atoms with Crippen molar-refractivity contribution in [1.82, 2.24) is 14.7 Å². The quantitative estimate of drug-likeness (QED) is 0.679. The minimum absolute atomic E-state index is 0.0533. The number of benzene rings is 2. The maximum absolute atomic E-state index is 12.9. The molecule has 0 radical (unpaired) electrons. The van der Waals surface area contributed by atoms with Gasteiger partial charge in [0.25, 0.3) is 0 Å². The Balaban J connectivity index is 1.42. The fourth-order valence-corrected chi connectivity index (χ4v) is 3.82. The molecule has 6 nitrogen and oxygen atoms in total. The van der Waals surface area contributed by atoms with Crippen molar-refractivity contribution in [3.8, 4) is 11.5 Å². The van der Waals surface area contributed by atoms with Gasteiger partial charge in [0, 0.05) is 18.7 Å². The van der Waals surface area contributed by atoms with E-state index in [9.17, 15) is 9.59 Å². The zero-order valence-electron chi connectivity index (χ0n) is 16.7. The molecule has 1 saturated heterocycles. The van der Waals surface area contributed by atoms with Crippen LogP contribution < -0.4 is 5.76 Å². The fraction of sp³-hybridized carbons (Fsp3) is 0.348. The van der Waals surface area contributed by atoms with Gasteiger partial charge < -0.3 is 9.32 Å². The lowest BCUT2D eigenvalue weighted by Gasteiger charge is -2.33. The van der Waals surface area contributed by atoms with Gasteiger partial charge in [-0.1, -0.05) is 48.0 Å². The number of carbonyl (C=O) groups is 1. The van der Waals surface area contributed by atoms with E-state index in [4.69, 9.17) is 4.42 Å². The predicted molar refractivity (Wildman–Crippen MR) is 111 cm³/mol. The van der Waals surface area contributed by atoms with Crippen molar-refractivity contribution in [2.24, 2.45) is 0 Å². The Bertz CT molecular complexity index is 1030. The third-order valence-electron chi connectivity index (χ3n) is 5.66. The van der Waals surface area contributed by atoms with E-state index < -0.39 is 5.76 Å². The molecule has 6 heteroatoms. The Morgan fingerprint density at radius 2 is 1.72 bits per heavy atom. The van der Waals surface area contributed by atoms with E-state index in [0.717, 1.165) is 11.1 Å². The lowest BCUT2D eigenvalue weighted by Crippen LogP contribution is -2.42. The average molecular weight is 391 g/mol. The maximum atomic E-state index is 12.9. The highest BCUT2D eigenvalue weighted by atomic mass is 16.4. The molecule has 1 atom stereocenters. The Kier molecular flexibility index (Phi) is 5.34. The van der Waals surface area contributed by atoms with Gasteiger partial charge in [-0.15, -0.1) is 5.10 Å². The topological polar surface area (TPSA) is 68.3 Å². The summed E-state index contributed by atoms with van der Waals surface area (Å²) in [6, 6.07) is 17.5. The van der Waals surface area contributed by atoms with Crippen molar-refractivity contribution in [2.45, 2.75) is 38.6 Å². The van der Waals surface area contributed by atoms with Crippen LogP contribution in [0.1, 0.15) is 42.9 Å². The van der Waals surface area contributed by atoms with Crippen molar-refractivity contribution in [3.63, 3.8) is 0 Å². The number of rotatable bonds is 4. The van der Waals surface area contributed by atoms with Crippen LogP contribution in [0.15, 0.2) is 63.8 Å². The van der Waals surface area contributed by atoms with Crippen molar-refractivity contribution in [2.75, 3.05) is 13.1 Å². The number of aromatic nitrogens is 2. The fourth-order valence-electron chi connectivity index (χ4n) is 3.82. The van der Waals surface area contributed by atoms with E-state index >= 15 is 0 Å². The van der Waals surface area contributed by atoms with Gasteiger partial charge in [0.05, 0.1) is 12.0 Å². The molecule has 1 aromatic heterocycles. The summed E-state index contributed by atoms with van der Waals surface area (Å²) in [6.45, 7) is 5.21. The van der Waals surface area contributed by atoms with Crippen molar-refractivity contribution in [3.05, 3.63) is 76.3 Å². The summed E-state index contributed by atoms with van der Waals surface area (Å²) in [4.78, 5) is 27.1. The van der Waals surface area contributed by atoms with E-state index in [-0.39, 0.29) is 17.9 Å². The molecule has 3 aromatic rings. The van der Waals surface area contributed by atoms with E-state index in [1.807, 2.05) is 73.3 Å². The van der Waals surface area contributed by atoms with Gasteiger partial charge in [0.15, 0.2) is 0 Å². The number of hydrogen-bond acceptors (Lipinski definition) is 4. The van der Waals surface area contributed by atoms with Crippen LogP contribution in [0.4, 0.5) is 0 Å². The van der Waals surface area contributed by atoms with E-state index in [0.29, 0.717) is 31.8 Å². The highest BCUT2D eigenvalue weighted by Crippen LogP contribution is 2.26. The molecular formula is C23H25N3O3. The van der Waals surface area contributed by atoms with Crippen LogP contribution in [0.2, 0.25) is 0 Å². The third kappa shape index (κ3) is 4.01. The minimum atomic E-state index is -0.443. The van der Waals surface area contributed by atoms with Gasteiger partial charge in [0.2, 0.25) is 11.8 Å². The highest BCUT2D eigenvalue weighted by molar-refractivity contribution is 5.83. The number of hydrogen-bond donors (Lipinski definition) is 0. The number of amides is 1. The van der Waals surface area contributed by atoms with Gasteiger partial charge >= 0.3 is 5.76 Å². The summed E-state index contributed by atoms with van der Waals surface area (Å²) in [5, 5.41) is 4.40. The van der Waals surface area contributed by atoms with Gasteiger partial charge in [-0.25, -0.2) is 4.79 Å². The minimum Gasteiger partial charge on any atom is -0.388 e. The molecule has 0 aliphatic carbocycles. The molecule has 0 bridgehead atoms. The zero-order valence-corrected chi connectivity index (χ0v) is 16.7. The summed E-state index contributed by atoms with van der Waals surface area (Å²) < 4.78 is 6.79. The molecule has 1 fully saturated rings. The molecule has 0 saturated carbocycles. The second-order valence-electron chi connectivity index (χ2n) is 7.67. The molecule has 2 aromatic carbocycles. The van der Waals surface area contributed by atoms with Crippen LogP contribution in [0, 0.1) is 6.92 Å². The van der Waals surface area contributed by atoms with Gasteiger partial charge in [-0.05, 0) is 44.4 Å². The Morgan fingerprint density at radius 3 is 2.38 bits per heavy atom. The van der Waals surface area contributed by atoms with E-state index in [1.54, 1.807) is 0 Å². The molecule has 1 aliphatic rings. The van der Waals surface area contributed by atoms with Crippen molar-refractivity contribution < 1.29 is 9.21 Å². The number of nitrogens with zero attached hydrogens (tertiary/aromatic N) is 3. The lowest BCUT2D eigenvalue weighted by molar-refractivity contribution is -0.133. The summed E-state index contributed by atoms with van der Waals surface area (Å²) in [6.07, 6.45) is 1.38. The van der Waals surface area contributed by atoms with Crippen LogP contribution in [-0.4, -0.2) is 33.7 Å². The van der Waals surface area contributed by atoms with Gasteiger partial charge in [-0.3, -0.25) is 4.79 Å². The first-order chi connectivity index (χ1) is 14.0. The Hall–Kier alpha value is -3.15. The van der Waals surface area contributed by atoms with Crippen LogP contribution in [0.5, 0.6) is 0 Å². The summed E-state index contributed by atoms with van der Waals surface area (Å²) in [5.74, 6) is -0.153. The number of carbonyl (C=O) groups excluding carboxylic acids is 1. The molecule has 29 heavy (non-hydrogen) atoms. The van der Waals surface area contributed by atoms with Crippen LogP contribution in [0.25, 0.3) is 11.5 Å². The second kappa shape index (κ2) is 8.07.